The number of anilines is 4. The van der Waals surface area contributed by atoms with Crippen molar-refractivity contribution < 1.29 is 142 Å². The highest BCUT2D eigenvalue weighted by molar-refractivity contribution is 9.12. The maximum atomic E-state index is 13.5. The molecular formula is C94H66Br10N8O20. The lowest BCUT2D eigenvalue weighted by molar-refractivity contribution is -0.480. The molecule has 4 amide bonds. The van der Waals surface area contributed by atoms with Crippen LogP contribution in [-0.2, 0) is 44.6 Å². The molecule has 0 aromatic heterocycles. The number of rotatable bonds is 24. The number of hydrogen-bond acceptors (Lipinski definition) is 22. The van der Waals surface area contributed by atoms with Crippen LogP contribution in [0.25, 0.3) is 0 Å². The van der Waals surface area contributed by atoms with Gasteiger partial charge in [-0.15, -0.1) is 0 Å². The molecule has 0 saturated carbocycles. The summed E-state index contributed by atoms with van der Waals surface area (Å²) in [6.45, 7) is -0.454. The lowest BCUT2D eigenvalue weighted by Gasteiger charge is -2.22. The van der Waals surface area contributed by atoms with E-state index in [9.17, 15) is 78.0 Å². The van der Waals surface area contributed by atoms with Gasteiger partial charge in [-0.05, 0) is 235 Å². The van der Waals surface area contributed by atoms with Crippen LogP contribution >= 0.6 is 127 Å². The van der Waals surface area contributed by atoms with Crippen molar-refractivity contribution in [2.45, 2.75) is 25.7 Å². The van der Waals surface area contributed by atoms with E-state index in [4.69, 9.17) is 18.9 Å². The third-order valence-electron chi connectivity index (χ3n) is 21.3. The number of nitrogens with one attached hydrogen (secondary N) is 6. The molecule has 0 saturated heterocycles. The summed E-state index contributed by atoms with van der Waals surface area (Å²) >= 11 is 28.6. The standard InChI is InChI=1S/2C47H32Br4N4O10.2BrH/c2*48-28-17-22(18-29(49)40(28)54-32-9-11-34(56)38-36(32)42(58)24-5-1-3-7-26(24)44(38)60)13-15-64-46(62)52-21-53-47(63)65-16-14-23-19-30(50)41(31(51)20-23)55-33-10-12-35(57)39-37(33)43(59)25-6-2-4-8-27(25)45(39)61;;/h2*1-12,17-20,54-57H,13-16,21H2,(H,52,62)(H,53,63);2*1H. The van der Waals surface area contributed by atoms with E-state index in [1.807, 2.05) is 24.3 Å². The quantitative estimate of drug-likeness (QED) is 0.0116. The minimum atomic E-state index is -0.767. The highest BCUT2D eigenvalue weighted by atomic mass is 79.9. The van der Waals surface area contributed by atoms with Crippen molar-refractivity contribution in [3.05, 3.63) is 341 Å². The summed E-state index contributed by atoms with van der Waals surface area (Å²) in [6, 6.07) is 52.3. The number of quaternary nitrogens is 2. The largest absolute Gasteiger partial charge is 1.00 e. The van der Waals surface area contributed by atoms with Gasteiger partial charge in [-0.2, -0.15) is 0 Å². The van der Waals surface area contributed by atoms with Crippen LogP contribution in [0.3, 0.4) is 0 Å². The molecule has 672 valence electrons. The van der Waals surface area contributed by atoms with Crippen molar-refractivity contribution in [1.29, 1.82) is 0 Å². The zero-order chi connectivity index (χ0) is 92.2. The number of alkyl carbamates (subject to hydrolysis) is 4. The summed E-state index contributed by atoms with van der Waals surface area (Å²) in [5.74, 6) is -4.36. The highest BCUT2D eigenvalue weighted by Gasteiger charge is 2.41. The fourth-order valence-electron chi connectivity index (χ4n) is 15.1. The van der Waals surface area contributed by atoms with Crippen LogP contribution in [0.5, 0.6) is 23.0 Å². The van der Waals surface area contributed by atoms with Crippen molar-refractivity contribution >= 4 is 244 Å². The van der Waals surface area contributed by atoms with Gasteiger partial charge in [0.1, 0.15) is 34.4 Å². The molecule has 0 heterocycles. The molecule has 0 bridgehead atoms. The molecule has 38 heteroatoms. The predicted octanol–water partition coefficient (Wildman–Crippen LogP) is 12.3. The van der Waals surface area contributed by atoms with Crippen molar-refractivity contribution in [3.8, 4) is 23.0 Å². The molecule has 0 spiro atoms. The molecule has 14 N–H and O–H groups in total. The maximum absolute atomic E-state index is 13.5. The van der Waals surface area contributed by atoms with E-state index in [-0.39, 0.29) is 197 Å². The predicted molar refractivity (Wildman–Crippen MR) is 505 cm³/mol. The number of benzene rings is 12. The molecule has 4 aliphatic carbocycles. The number of ether oxygens (including phenoxy) is 4. The number of carbonyl (C=O) groups excluding carboxylic acids is 12. The molecule has 12 aromatic rings. The Bertz CT molecular complexity index is 5980. The van der Waals surface area contributed by atoms with Crippen LogP contribution in [0.1, 0.15) is 150 Å². The molecule has 132 heavy (non-hydrogen) atoms. The Kier molecular flexibility index (Phi) is 31.7. The number of phenolic OH excluding ortho intramolecular Hbond substituents is 4. The minimum Gasteiger partial charge on any atom is -1.00 e. The maximum Gasteiger partial charge on any atom is 0.408 e. The smallest absolute Gasteiger partial charge is 0.408 e. The molecule has 12 aromatic carbocycles. The molecule has 0 fully saturated rings. The number of halogens is 10. The Labute approximate surface area is 838 Å². The molecule has 0 unspecified atom stereocenters. The van der Waals surface area contributed by atoms with Gasteiger partial charge in [-0.3, -0.25) is 49.0 Å². The second kappa shape index (κ2) is 42.7. The van der Waals surface area contributed by atoms with Gasteiger partial charge in [0.25, 0.3) is 0 Å². The Hall–Kier alpha value is -11.4. The van der Waals surface area contributed by atoms with Crippen LogP contribution in [0, 0.1) is 0 Å². The lowest BCUT2D eigenvalue weighted by Crippen LogP contribution is -3.00. The van der Waals surface area contributed by atoms with E-state index >= 15 is 0 Å². The van der Waals surface area contributed by atoms with E-state index in [2.05, 4.69) is 159 Å². The number of nitrogens with two attached hydrogens (primary N) is 2. The summed E-state index contributed by atoms with van der Waals surface area (Å²) < 4.78 is 26.2. The second-order valence-electron chi connectivity index (χ2n) is 29.4. The number of aromatic hydroxyl groups is 4. The fraction of sp³-hybridized carbons (Fsp3) is 0.106. The zero-order valence-electron chi connectivity index (χ0n) is 67.8. The molecule has 0 radical (unpaired) electrons. The van der Waals surface area contributed by atoms with Gasteiger partial charge < -0.3 is 105 Å². The Morgan fingerprint density at radius 2 is 0.477 bits per heavy atom. The van der Waals surface area contributed by atoms with Gasteiger partial charge in [0.15, 0.2) is 46.1 Å². The van der Waals surface area contributed by atoms with Crippen molar-refractivity contribution in [2.75, 3.05) is 50.4 Å². The normalized spacial score (nSPS) is 12.2. The van der Waals surface area contributed by atoms with Crippen LogP contribution in [-0.4, -0.2) is 131 Å². The van der Waals surface area contributed by atoms with Gasteiger partial charge >= 0.3 is 24.4 Å². The van der Waals surface area contributed by atoms with E-state index in [1.165, 1.54) is 36.4 Å². The van der Waals surface area contributed by atoms with Gasteiger partial charge in [-0.1, -0.05) is 97.1 Å². The van der Waals surface area contributed by atoms with E-state index in [0.717, 1.165) is 22.3 Å². The molecule has 16 rings (SSSR count). The van der Waals surface area contributed by atoms with Gasteiger partial charge in [-0.25, -0.2) is 19.2 Å². The lowest BCUT2D eigenvalue weighted by atomic mass is 9.82. The Morgan fingerprint density at radius 1 is 0.273 bits per heavy atom. The molecule has 28 nitrogen and oxygen atoms in total. The monoisotopic (exact) mass is 2420 g/mol. The number of hydrogen-bond donors (Lipinski definition) is 12. The zero-order valence-corrected chi connectivity index (χ0v) is 83.7. The summed E-state index contributed by atoms with van der Waals surface area (Å²) in [5, 5.41) is 62.0. The molecular weight excluding hydrogens is 2360 g/mol. The minimum absolute atomic E-state index is 0. The van der Waals surface area contributed by atoms with Crippen molar-refractivity contribution in [2.24, 2.45) is 0 Å². The number of amides is 4. The van der Waals surface area contributed by atoms with E-state index in [0.29, 0.717) is 107 Å². The summed E-state index contributed by atoms with van der Waals surface area (Å²) in [5.41, 5.74) is 9.42. The first kappa shape index (κ1) is 98.1. The third-order valence-corrected chi connectivity index (χ3v) is 26.4. The van der Waals surface area contributed by atoms with Gasteiger partial charge in [0.2, 0.25) is 11.6 Å². The van der Waals surface area contributed by atoms with Crippen molar-refractivity contribution in [1.82, 2.24) is 21.3 Å². The molecule has 0 aliphatic heterocycles. The topological polar surface area (TPSA) is 428 Å². The first-order valence-corrected chi connectivity index (χ1v) is 45.7. The molecule has 4 aliphatic rings. The number of carbonyl (C=O) groups is 12. The summed E-state index contributed by atoms with van der Waals surface area (Å²) in [4.78, 5) is 157. The average Bonchev–Trinajstić information content (AvgIpc) is 0.755. The van der Waals surface area contributed by atoms with E-state index in [1.54, 1.807) is 144 Å². The second-order valence-corrected chi connectivity index (χ2v) is 36.2. The van der Waals surface area contributed by atoms with Gasteiger partial charge in [0, 0.05) is 100 Å². The SMILES string of the molecule is O=C(NCNC(=O)OCCc1cc(Br)c(Nc2ccc(O)c3c2C(=O)c2ccccc2C3=O)c(Br)c1)OCCc1cc(Br)c(Nc2ccc(O)c3c2C(=O)c2ccccc2C3=O)c(Br)c1.O=C(NCNC(=O)OCCc1cc(Br)c([NH2+]c2ccc(O)c3c2C(=O)c2ccccc2C3=O)c(Br)c1)OCCc1cc(Br)c([NH2+]c2ccc(O)c3c2C(=O)c2ccccc2C3=O)c(Br)c1.[Br-].[Br-]. The highest BCUT2D eigenvalue weighted by Crippen LogP contribution is 2.46. The third kappa shape index (κ3) is 20.8. The Morgan fingerprint density at radius 3 is 0.720 bits per heavy atom. The van der Waals surface area contributed by atoms with E-state index < -0.39 is 59.1 Å². The summed E-state index contributed by atoms with van der Waals surface area (Å²) in [6.07, 6.45) is -1.70. The average molecular weight is 2430 g/mol. The Balaban J connectivity index is 0.000000221. The van der Waals surface area contributed by atoms with Crippen LogP contribution in [0.4, 0.5) is 64.7 Å². The first-order chi connectivity index (χ1) is 62.4. The van der Waals surface area contributed by atoms with Crippen LogP contribution < -0.4 is 76.5 Å². The van der Waals surface area contributed by atoms with Crippen LogP contribution in [0.2, 0.25) is 0 Å². The first-order valence-electron chi connectivity index (χ1n) is 39.4. The number of phenols is 4. The number of fused-ring (bicyclic) bond motifs is 8. The van der Waals surface area contributed by atoms with Crippen molar-refractivity contribution in [3.63, 3.8) is 0 Å². The number of ketones is 8. The van der Waals surface area contributed by atoms with Gasteiger partial charge in [0.05, 0.1) is 125 Å². The fourth-order valence-corrected chi connectivity index (χ4v) is 21.1. The molecule has 0 atom stereocenters. The summed E-state index contributed by atoms with van der Waals surface area (Å²) in [7, 11) is 0. The van der Waals surface area contributed by atoms with Crippen LogP contribution in [0.15, 0.2) is 230 Å².